The third-order valence-electron chi connectivity index (χ3n) is 4.15. The number of carbonyl (C=O) groups excluding carboxylic acids is 3. The molecule has 0 aliphatic heterocycles. The quantitative estimate of drug-likeness (QED) is 0.482. The molecule has 0 radical (unpaired) electrons. The summed E-state index contributed by atoms with van der Waals surface area (Å²) in [5, 5.41) is 8.77. The summed E-state index contributed by atoms with van der Waals surface area (Å²) < 4.78 is 4.98. The first kappa shape index (κ1) is 21.1. The van der Waals surface area contributed by atoms with Gasteiger partial charge in [-0.2, -0.15) is 0 Å². The molecule has 1 heterocycles. The lowest BCUT2D eigenvalue weighted by Crippen LogP contribution is -2.34. The first-order chi connectivity index (χ1) is 14.5. The molecule has 3 amide bonds. The molecule has 3 aromatic rings. The van der Waals surface area contributed by atoms with Gasteiger partial charge in [0, 0.05) is 29.4 Å². The number of benzene rings is 2. The fourth-order valence-corrected chi connectivity index (χ4v) is 2.77. The molecule has 3 N–H and O–H groups in total. The van der Waals surface area contributed by atoms with E-state index >= 15 is 0 Å². The smallest absolute Gasteiger partial charge is 0.287 e. The molecule has 154 valence electrons. The molecule has 30 heavy (non-hydrogen) atoms. The van der Waals surface area contributed by atoms with Crippen molar-refractivity contribution in [3.63, 3.8) is 0 Å². The van der Waals surface area contributed by atoms with E-state index in [0.29, 0.717) is 16.3 Å². The maximum absolute atomic E-state index is 12.2. The number of rotatable bonds is 8. The van der Waals surface area contributed by atoms with Gasteiger partial charge in [0.05, 0.1) is 12.7 Å². The van der Waals surface area contributed by atoms with Crippen LogP contribution in [0.4, 0.5) is 5.69 Å². The van der Waals surface area contributed by atoms with Crippen molar-refractivity contribution in [3.05, 3.63) is 88.8 Å². The van der Waals surface area contributed by atoms with Crippen molar-refractivity contribution in [1.29, 1.82) is 0 Å². The monoisotopic (exact) mass is 425 g/mol. The minimum absolute atomic E-state index is 0.165. The molecular weight excluding hydrogens is 406 g/mol. The summed E-state index contributed by atoms with van der Waals surface area (Å²) in [4.78, 5) is 36.0. The van der Waals surface area contributed by atoms with Crippen LogP contribution < -0.4 is 16.0 Å². The molecule has 0 saturated heterocycles. The van der Waals surface area contributed by atoms with Crippen LogP contribution in [0.25, 0.3) is 0 Å². The van der Waals surface area contributed by atoms with Crippen LogP contribution in [0.2, 0.25) is 5.02 Å². The lowest BCUT2D eigenvalue weighted by atomic mass is 10.1. The summed E-state index contributed by atoms with van der Waals surface area (Å²) in [5.74, 6) is -0.564. The van der Waals surface area contributed by atoms with Gasteiger partial charge in [-0.15, -0.1) is 0 Å². The average molecular weight is 426 g/mol. The maximum atomic E-state index is 12.2. The van der Waals surface area contributed by atoms with Gasteiger partial charge in [-0.25, -0.2) is 0 Å². The van der Waals surface area contributed by atoms with Crippen molar-refractivity contribution in [2.24, 2.45) is 0 Å². The summed E-state index contributed by atoms with van der Waals surface area (Å²) in [6, 6.07) is 16.8. The van der Waals surface area contributed by atoms with Gasteiger partial charge in [-0.1, -0.05) is 23.7 Å². The van der Waals surface area contributed by atoms with Crippen LogP contribution in [0.1, 0.15) is 26.5 Å². The zero-order valence-corrected chi connectivity index (χ0v) is 16.7. The second-order valence-electron chi connectivity index (χ2n) is 6.42. The highest BCUT2D eigenvalue weighted by Gasteiger charge is 2.09. The molecule has 0 aliphatic rings. The SMILES string of the molecule is O=C(Cc1ccc(Cl)cc1)Nc1ccc(C(=O)NCCNC(=O)c2ccco2)cc1. The van der Waals surface area contributed by atoms with Crippen LogP contribution >= 0.6 is 11.6 Å². The van der Waals surface area contributed by atoms with Crippen molar-refractivity contribution in [2.45, 2.75) is 6.42 Å². The fraction of sp³-hybridized carbons (Fsp3) is 0.136. The van der Waals surface area contributed by atoms with Crippen molar-refractivity contribution in [2.75, 3.05) is 18.4 Å². The molecule has 0 bridgehead atoms. The number of amides is 3. The second-order valence-corrected chi connectivity index (χ2v) is 6.85. The zero-order chi connectivity index (χ0) is 21.3. The number of hydrogen-bond acceptors (Lipinski definition) is 4. The Hall–Kier alpha value is -3.58. The number of anilines is 1. The van der Waals surface area contributed by atoms with Gasteiger partial charge in [-0.3, -0.25) is 14.4 Å². The van der Waals surface area contributed by atoms with Crippen molar-refractivity contribution >= 4 is 35.0 Å². The molecule has 2 aromatic carbocycles. The number of halogens is 1. The molecule has 7 nitrogen and oxygen atoms in total. The fourth-order valence-electron chi connectivity index (χ4n) is 2.65. The lowest BCUT2D eigenvalue weighted by Gasteiger charge is -2.08. The Morgan fingerprint density at radius 3 is 2.13 bits per heavy atom. The Balaban J connectivity index is 1.41. The molecule has 1 aromatic heterocycles. The van der Waals surface area contributed by atoms with Crippen LogP contribution in [-0.4, -0.2) is 30.8 Å². The van der Waals surface area contributed by atoms with E-state index in [0.717, 1.165) is 5.56 Å². The molecule has 3 rings (SSSR count). The second kappa shape index (κ2) is 10.3. The molecule has 0 saturated carbocycles. The van der Waals surface area contributed by atoms with Gasteiger partial charge in [0.2, 0.25) is 5.91 Å². The van der Waals surface area contributed by atoms with E-state index in [9.17, 15) is 14.4 Å². The van der Waals surface area contributed by atoms with Gasteiger partial charge >= 0.3 is 0 Å². The molecule has 0 atom stereocenters. The molecule has 8 heteroatoms. The number of carbonyl (C=O) groups is 3. The van der Waals surface area contributed by atoms with Crippen LogP contribution in [0.5, 0.6) is 0 Å². The summed E-state index contributed by atoms with van der Waals surface area (Å²) in [7, 11) is 0. The normalized spacial score (nSPS) is 10.3. The van der Waals surface area contributed by atoms with Crippen LogP contribution in [0, 0.1) is 0 Å². The molecule has 0 spiro atoms. The number of hydrogen-bond donors (Lipinski definition) is 3. The van der Waals surface area contributed by atoms with Gasteiger partial charge in [0.1, 0.15) is 0 Å². The van der Waals surface area contributed by atoms with E-state index in [2.05, 4.69) is 16.0 Å². The Bertz CT molecular complexity index is 1000. The van der Waals surface area contributed by atoms with E-state index in [4.69, 9.17) is 16.0 Å². The Morgan fingerprint density at radius 1 is 0.833 bits per heavy atom. The Morgan fingerprint density at radius 2 is 1.50 bits per heavy atom. The van der Waals surface area contributed by atoms with E-state index in [1.54, 1.807) is 60.7 Å². The predicted octanol–water partition coefficient (Wildman–Crippen LogP) is 3.27. The average Bonchev–Trinajstić information content (AvgIpc) is 3.28. The third-order valence-corrected chi connectivity index (χ3v) is 4.40. The number of nitrogens with one attached hydrogen (secondary N) is 3. The Labute approximate surface area is 178 Å². The molecular formula is C22H20ClN3O4. The van der Waals surface area contributed by atoms with Crippen LogP contribution in [0.3, 0.4) is 0 Å². The molecule has 0 aliphatic carbocycles. The summed E-state index contributed by atoms with van der Waals surface area (Å²) >= 11 is 5.84. The van der Waals surface area contributed by atoms with E-state index in [1.165, 1.54) is 6.26 Å². The number of furan rings is 1. The zero-order valence-electron chi connectivity index (χ0n) is 16.0. The highest BCUT2D eigenvalue weighted by atomic mass is 35.5. The predicted molar refractivity (Wildman–Crippen MR) is 114 cm³/mol. The standard InChI is InChI=1S/C22H20ClN3O4/c23-17-7-3-15(4-8-17)14-20(27)26-18-9-5-16(6-10-18)21(28)24-11-12-25-22(29)19-2-1-13-30-19/h1-10,13H,11-12,14H2,(H,24,28)(H,25,29)(H,26,27). The minimum atomic E-state index is -0.340. The molecule has 0 fully saturated rings. The van der Waals surface area contributed by atoms with E-state index in [-0.39, 0.29) is 43.0 Å². The summed E-state index contributed by atoms with van der Waals surface area (Å²) in [6.45, 7) is 0.537. The largest absolute Gasteiger partial charge is 0.459 e. The maximum Gasteiger partial charge on any atom is 0.287 e. The first-order valence-corrected chi connectivity index (χ1v) is 9.63. The van der Waals surface area contributed by atoms with Crippen LogP contribution in [-0.2, 0) is 11.2 Å². The third kappa shape index (κ3) is 6.22. The van der Waals surface area contributed by atoms with Crippen molar-refractivity contribution in [1.82, 2.24) is 10.6 Å². The first-order valence-electron chi connectivity index (χ1n) is 9.25. The minimum Gasteiger partial charge on any atom is -0.459 e. The summed E-state index contributed by atoms with van der Waals surface area (Å²) in [5.41, 5.74) is 1.89. The van der Waals surface area contributed by atoms with Gasteiger partial charge < -0.3 is 20.4 Å². The summed E-state index contributed by atoms with van der Waals surface area (Å²) in [6.07, 6.45) is 1.64. The van der Waals surface area contributed by atoms with Crippen LogP contribution in [0.15, 0.2) is 71.3 Å². The highest BCUT2D eigenvalue weighted by molar-refractivity contribution is 6.30. The van der Waals surface area contributed by atoms with E-state index < -0.39 is 0 Å². The highest BCUT2D eigenvalue weighted by Crippen LogP contribution is 2.13. The molecule has 0 unspecified atom stereocenters. The van der Waals surface area contributed by atoms with Crippen molar-refractivity contribution < 1.29 is 18.8 Å². The lowest BCUT2D eigenvalue weighted by molar-refractivity contribution is -0.115. The van der Waals surface area contributed by atoms with Gasteiger partial charge in [-0.05, 0) is 54.1 Å². The van der Waals surface area contributed by atoms with Gasteiger partial charge in [0.15, 0.2) is 5.76 Å². The Kier molecular flexibility index (Phi) is 7.24. The van der Waals surface area contributed by atoms with Crippen molar-refractivity contribution in [3.8, 4) is 0 Å². The van der Waals surface area contributed by atoms with Gasteiger partial charge in [0.25, 0.3) is 11.8 Å². The topological polar surface area (TPSA) is 100 Å². The van der Waals surface area contributed by atoms with E-state index in [1.807, 2.05) is 0 Å².